The average Bonchev–Trinajstić information content (AvgIpc) is 3.05. The first-order chi connectivity index (χ1) is 16.2. The van der Waals surface area contributed by atoms with Crippen molar-refractivity contribution in [1.82, 2.24) is 4.90 Å². The van der Waals surface area contributed by atoms with Gasteiger partial charge in [-0.05, 0) is 65.0 Å². The smallest absolute Gasteiger partial charge is 0.344 e. The monoisotopic (exact) mass is 598 g/mol. The second-order valence-corrected chi connectivity index (χ2v) is 8.94. The van der Waals surface area contributed by atoms with Gasteiger partial charge in [0.1, 0.15) is 0 Å². The third-order valence-corrected chi connectivity index (χ3v) is 6.29. The summed E-state index contributed by atoms with van der Waals surface area (Å²) >= 11 is 2.75. The molecule has 2 aromatic carbocycles. The zero-order valence-electron chi connectivity index (χ0n) is 18.1. The Labute approximate surface area is 212 Å². The lowest BCUT2D eigenvalue weighted by Crippen LogP contribution is -2.27. The van der Waals surface area contributed by atoms with Crippen LogP contribution in [0, 0.1) is 13.7 Å². The summed E-state index contributed by atoms with van der Waals surface area (Å²) in [5, 5.41) is 10.7. The van der Waals surface area contributed by atoms with Crippen LogP contribution < -0.4 is 9.47 Å². The van der Waals surface area contributed by atoms with E-state index in [1.165, 1.54) is 31.4 Å². The first-order valence-corrected chi connectivity index (χ1v) is 11.8. The fourth-order valence-corrected chi connectivity index (χ4v) is 4.70. The summed E-state index contributed by atoms with van der Waals surface area (Å²) in [5.41, 5.74) is 0.666. The predicted molar refractivity (Wildman–Crippen MR) is 132 cm³/mol. The van der Waals surface area contributed by atoms with E-state index in [0.717, 1.165) is 16.7 Å². The molecule has 12 heteroatoms. The SMILES string of the molecule is CCOC(=O)COc1c(I)cc(/C=C2\SC(=O)N(Cc3ccccc3[N+](=O)[O-])C2=O)cc1OC. The summed E-state index contributed by atoms with van der Waals surface area (Å²) < 4.78 is 16.4. The number of nitrogens with zero attached hydrogens (tertiary/aromatic N) is 2. The van der Waals surface area contributed by atoms with Crippen LogP contribution >= 0.6 is 34.4 Å². The second-order valence-electron chi connectivity index (χ2n) is 6.78. The first kappa shape index (κ1) is 25.5. The summed E-state index contributed by atoms with van der Waals surface area (Å²) in [5.74, 6) is -0.388. The number of para-hydroxylation sites is 1. The molecule has 0 aromatic heterocycles. The molecule has 2 amide bonds. The molecule has 1 aliphatic rings. The lowest BCUT2D eigenvalue weighted by molar-refractivity contribution is -0.385. The Morgan fingerprint density at radius 1 is 1.26 bits per heavy atom. The Bertz CT molecular complexity index is 1180. The number of rotatable bonds is 9. The zero-order valence-corrected chi connectivity index (χ0v) is 21.1. The lowest BCUT2D eigenvalue weighted by Gasteiger charge is -2.13. The van der Waals surface area contributed by atoms with Crippen molar-refractivity contribution in [1.29, 1.82) is 0 Å². The molecule has 3 rings (SSSR count). The molecule has 10 nitrogen and oxygen atoms in total. The highest BCUT2D eigenvalue weighted by Gasteiger charge is 2.36. The van der Waals surface area contributed by atoms with Crippen molar-refractivity contribution >= 4 is 63.2 Å². The topological polar surface area (TPSA) is 125 Å². The molecule has 0 radical (unpaired) electrons. The van der Waals surface area contributed by atoms with Crippen molar-refractivity contribution in [2.24, 2.45) is 0 Å². The van der Waals surface area contributed by atoms with Crippen LogP contribution in [0.2, 0.25) is 0 Å². The van der Waals surface area contributed by atoms with Gasteiger partial charge in [-0.3, -0.25) is 24.6 Å². The standard InChI is InChI=1S/C22H19IN2O8S/c1-3-32-19(26)12-33-20-15(23)8-13(9-17(20)31-2)10-18-21(27)24(22(28)34-18)11-14-6-4-5-7-16(14)25(29)30/h4-10H,3,11-12H2,1-2H3/b18-10-. The Morgan fingerprint density at radius 3 is 2.68 bits per heavy atom. The number of carbonyl (C=O) groups is 3. The van der Waals surface area contributed by atoms with E-state index in [2.05, 4.69) is 0 Å². The molecule has 2 aromatic rings. The number of thioether (sulfide) groups is 1. The van der Waals surface area contributed by atoms with E-state index < -0.39 is 22.0 Å². The van der Waals surface area contributed by atoms with Crippen molar-refractivity contribution in [3.63, 3.8) is 0 Å². The summed E-state index contributed by atoms with van der Waals surface area (Å²) in [4.78, 5) is 48.8. The molecular weight excluding hydrogens is 579 g/mol. The van der Waals surface area contributed by atoms with Crippen molar-refractivity contribution in [2.75, 3.05) is 20.3 Å². The van der Waals surface area contributed by atoms with Crippen LogP contribution in [0.5, 0.6) is 11.5 Å². The minimum absolute atomic E-state index is 0.164. The molecule has 178 valence electrons. The summed E-state index contributed by atoms with van der Waals surface area (Å²) in [6.45, 7) is 1.44. The maximum absolute atomic E-state index is 12.9. The lowest BCUT2D eigenvalue weighted by atomic mass is 10.1. The number of esters is 1. The van der Waals surface area contributed by atoms with Gasteiger partial charge in [0.15, 0.2) is 18.1 Å². The Balaban J connectivity index is 1.82. The first-order valence-electron chi connectivity index (χ1n) is 9.88. The second kappa shape index (κ2) is 11.3. The third kappa shape index (κ3) is 5.86. The molecule has 34 heavy (non-hydrogen) atoms. The van der Waals surface area contributed by atoms with Gasteiger partial charge in [0.25, 0.3) is 16.8 Å². The molecular formula is C22H19IN2O8S. The van der Waals surface area contributed by atoms with Crippen LogP contribution in [0.25, 0.3) is 6.08 Å². The fraction of sp³-hybridized carbons (Fsp3) is 0.227. The molecule has 1 heterocycles. The van der Waals surface area contributed by atoms with Gasteiger partial charge in [0.05, 0.1) is 33.7 Å². The number of halogens is 1. The van der Waals surface area contributed by atoms with E-state index in [0.29, 0.717) is 20.6 Å². The number of nitro benzene ring substituents is 1. The van der Waals surface area contributed by atoms with Crippen molar-refractivity contribution in [3.8, 4) is 11.5 Å². The van der Waals surface area contributed by atoms with Crippen molar-refractivity contribution in [2.45, 2.75) is 13.5 Å². The highest BCUT2D eigenvalue weighted by Crippen LogP contribution is 2.38. The van der Waals surface area contributed by atoms with Crippen LogP contribution in [-0.2, 0) is 20.9 Å². The van der Waals surface area contributed by atoms with Crippen LogP contribution in [0.4, 0.5) is 10.5 Å². The van der Waals surface area contributed by atoms with Gasteiger partial charge >= 0.3 is 5.97 Å². The molecule has 0 bridgehead atoms. The zero-order chi connectivity index (χ0) is 24.8. The van der Waals surface area contributed by atoms with Gasteiger partial charge in [0.2, 0.25) is 0 Å². The van der Waals surface area contributed by atoms with E-state index in [4.69, 9.17) is 14.2 Å². The van der Waals surface area contributed by atoms with Crippen LogP contribution in [-0.4, -0.2) is 47.3 Å². The van der Waals surface area contributed by atoms with Crippen LogP contribution in [0.1, 0.15) is 18.1 Å². The molecule has 0 aliphatic carbocycles. The number of amides is 2. The number of benzene rings is 2. The Hall–Kier alpha value is -3.13. The maximum Gasteiger partial charge on any atom is 0.344 e. The van der Waals surface area contributed by atoms with E-state index in [9.17, 15) is 24.5 Å². The van der Waals surface area contributed by atoms with Gasteiger partial charge in [-0.2, -0.15) is 0 Å². The molecule has 1 saturated heterocycles. The number of carbonyl (C=O) groups excluding carboxylic acids is 3. The average molecular weight is 598 g/mol. The number of imide groups is 1. The number of methoxy groups -OCH3 is 1. The molecule has 1 fully saturated rings. The normalized spacial score (nSPS) is 14.4. The number of hydrogen-bond acceptors (Lipinski definition) is 9. The minimum atomic E-state index is -0.552. The van der Waals surface area contributed by atoms with E-state index in [-0.39, 0.29) is 35.9 Å². The summed E-state index contributed by atoms with van der Waals surface area (Å²) in [7, 11) is 1.44. The number of hydrogen-bond donors (Lipinski definition) is 0. The summed E-state index contributed by atoms with van der Waals surface area (Å²) in [6, 6.07) is 9.27. The van der Waals surface area contributed by atoms with Crippen LogP contribution in [0.15, 0.2) is 41.3 Å². The quantitative estimate of drug-likeness (QED) is 0.136. The van der Waals surface area contributed by atoms with E-state index >= 15 is 0 Å². The van der Waals surface area contributed by atoms with Gasteiger partial charge < -0.3 is 14.2 Å². The largest absolute Gasteiger partial charge is 0.493 e. The van der Waals surface area contributed by atoms with E-state index in [1.807, 2.05) is 22.6 Å². The third-order valence-electron chi connectivity index (χ3n) is 4.58. The van der Waals surface area contributed by atoms with Crippen molar-refractivity contribution in [3.05, 3.63) is 66.1 Å². The van der Waals surface area contributed by atoms with Crippen molar-refractivity contribution < 1.29 is 33.5 Å². The maximum atomic E-state index is 12.9. The molecule has 0 saturated carbocycles. The summed E-state index contributed by atoms with van der Waals surface area (Å²) in [6.07, 6.45) is 1.53. The highest BCUT2D eigenvalue weighted by atomic mass is 127. The molecule has 0 N–H and O–H groups in total. The number of ether oxygens (including phenoxy) is 3. The van der Waals surface area contributed by atoms with E-state index in [1.54, 1.807) is 25.1 Å². The molecule has 0 atom stereocenters. The Kier molecular flexibility index (Phi) is 8.50. The minimum Gasteiger partial charge on any atom is -0.493 e. The van der Waals surface area contributed by atoms with Gasteiger partial charge in [0, 0.05) is 11.6 Å². The highest BCUT2D eigenvalue weighted by molar-refractivity contribution is 14.1. The van der Waals surface area contributed by atoms with Crippen LogP contribution in [0.3, 0.4) is 0 Å². The molecule has 0 spiro atoms. The Morgan fingerprint density at radius 2 is 2.00 bits per heavy atom. The predicted octanol–water partition coefficient (Wildman–Crippen LogP) is 4.39. The van der Waals surface area contributed by atoms with Gasteiger partial charge in [-0.15, -0.1) is 0 Å². The molecule has 0 unspecified atom stereocenters. The molecule has 1 aliphatic heterocycles. The fourth-order valence-electron chi connectivity index (χ4n) is 3.08. The number of nitro groups is 1. The van der Waals surface area contributed by atoms with Gasteiger partial charge in [-0.1, -0.05) is 18.2 Å². The van der Waals surface area contributed by atoms with Gasteiger partial charge in [-0.25, -0.2) is 4.79 Å².